The molecule has 14 heavy (non-hydrogen) atoms. The Hall–Kier alpha value is -0.700. The van der Waals surface area contributed by atoms with E-state index in [1.165, 1.54) is 6.92 Å². The van der Waals surface area contributed by atoms with Gasteiger partial charge < -0.3 is 9.90 Å². The van der Waals surface area contributed by atoms with Crippen molar-refractivity contribution in [1.29, 1.82) is 0 Å². The molecule has 0 aromatic carbocycles. The molecule has 1 aliphatic rings. The third-order valence-corrected chi connectivity index (χ3v) is 3.25. The Bertz CT molecular complexity index is 247. The highest BCUT2D eigenvalue weighted by Crippen LogP contribution is 2.37. The van der Waals surface area contributed by atoms with Crippen LogP contribution >= 0.6 is 0 Å². The maximum Gasteiger partial charge on any atom is 0.141 e. The SMILES string of the molecule is CC(=O)CCC1(C)C(=O)CCCC1O. The van der Waals surface area contributed by atoms with Gasteiger partial charge in [-0.15, -0.1) is 0 Å². The van der Waals surface area contributed by atoms with E-state index in [1.54, 1.807) is 6.92 Å². The second-order valence-corrected chi connectivity index (χ2v) is 4.45. The lowest BCUT2D eigenvalue weighted by atomic mass is 9.69. The van der Waals surface area contributed by atoms with E-state index >= 15 is 0 Å². The summed E-state index contributed by atoms with van der Waals surface area (Å²) < 4.78 is 0. The van der Waals surface area contributed by atoms with E-state index in [0.717, 1.165) is 6.42 Å². The first-order valence-corrected chi connectivity index (χ1v) is 5.17. The maximum atomic E-state index is 11.7. The predicted molar refractivity (Wildman–Crippen MR) is 52.9 cm³/mol. The second kappa shape index (κ2) is 4.22. The summed E-state index contributed by atoms with van der Waals surface area (Å²) >= 11 is 0. The molecule has 3 heteroatoms. The van der Waals surface area contributed by atoms with Crippen molar-refractivity contribution in [2.45, 2.75) is 52.1 Å². The Morgan fingerprint density at radius 1 is 1.64 bits per heavy atom. The van der Waals surface area contributed by atoms with Crippen molar-refractivity contribution in [1.82, 2.24) is 0 Å². The van der Waals surface area contributed by atoms with Crippen LogP contribution in [0, 0.1) is 5.41 Å². The van der Waals surface area contributed by atoms with Crippen LogP contribution in [0.25, 0.3) is 0 Å². The van der Waals surface area contributed by atoms with Gasteiger partial charge in [-0.3, -0.25) is 4.79 Å². The van der Waals surface area contributed by atoms with Crippen LogP contribution in [0.2, 0.25) is 0 Å². The summed E-state index contributed by atoms with van der Waals surface area (Å²) in [5, 5.41) is 9.78. The van der Waals surface area contributed by atoms with Crippen LogP contribution in [-0.2, 0) is 9.59 Å². The first kappa shape index (κ1) is 11.4. The minimum Gasteiger partial charge on any atom is -0.392 e. The van der Waals surface area contributed by atoms with Crippen molar-refractivity contribution in [2.75, 3.05) is 0 Å². The Morgan fingerprint density at radius 2 is 2.29 bits per heavy atom. The minimum atomic E-state index is -0.677. The van der Waals surface area contributed by atoms with Crippen molar-refractivity contribution in [3.63, 3.8) is 0 Å². The average Bonchev–Trinajstić information content (AvgIpc) is 2.11. The molecule has 3 nitrogen and oxygen atoms in total. The summed E-state index contributed by atoms with van der Waals surface area (Å²) in [7, 11) is 0. The first-order valence-electron chi connectivity index (χ1n) is 5.17. The molecule has 0 spiro atoms. The molecule has 0 aromatic heterocycles. The van der Waals surface area contributed by atoms with Crippen LogP contribution in [0.1, 0.15) is 46.0 Å². The van der Waals surface area contributed by atoms with Gasteiger partial charge in [0, 0.05) is 12.8 Å². The molecule has 1 rings (SSSR count). The number of hydrogen-bond donors (Lipinski definition) is 1. The van der Waals surface area contributed by atoms with Crippen molar-refractivity contribution in [3.8, 4) is 0 Å². The van der Waals surface area contributed by atoms with E-state index in [2.05, 4.69) is 0 Å². The van der Waals surface area contributed by atoms with Crippen LogP contribution in [0.15, 0.2) is 0 Å². The number of Topliss-reactive ketones (excluding diaryl/α,β-unsaturated/α-hetero) is 2. The molecule has 1 fully saturated rings. The maximum absolute atomic E-state index is 11.7. The van der Waals surface area contributed by atoms with Gasteiger partial charge in [0.2, 0.25) is 0 Å². The molecule has 0 heterocycles. The molecule has 0 amide bonds. The van der Waals surface area contributed by atoms with Gasteiger partial charge in [-0.25, -0.2) is 0 Å². The molecule has 2 unspecified atom stereocenters. The van der Waals surface area contributed by atoms with E-state index in [-0.39, 0.29) is 11.6 Å². The molecule has 1 N–H and O–H groups in total. The monoisotopic (exact) mass is 198 g/mol. The number of carbonyl (C=O) groups is 2. The standard InChI is InChI=1S/C11H18O3/c1-8(12)6-7-11(2)9(13)4-3-5-10(11)14/h9,13H,3-7H2,1-2H3. The molecular formula is C11H18O3. The molecule has 1 aliphatic carbocycles. The zero-order chi connectivity index (χ0) is 10.8. The smallest absolute Gasteiger partial charge is 0.141 e. The van der Waals surface area contributed by atoms with Gasteiger partial charge in [0.1, 0.15) is 11.6 Å². The summed E-state index contributed by atoms with van der Waals surface area (Å²) in [5.41, 5.74) is -0.677. The number of aliphatic hydroxyl groups excluding tert-OH is 1. The lowest BCUT2D eigenvalue weighted by Crippen LogP contribution is -2.43. The fraction of sp³-hybridized carbons (Fsp3) is 0.818. The van der Waals surface area contributed by atoms with Crippen LogP contribution in [0.5, 0.6) is 0 Å². The van der Waals surface area contributed by atoms with Gasteiger partial charge in [-0.2, -0.15) is 0 Å². The van der Waals surface area contributed by atoms with Crippen molar-refractivity contribution >= 4 is 11.6 Å². The number of hydrogen-bond acceptors (Lipinski definition) is 3. The quantitative estimate of drug-likeness (QED) is 0.747. The highest BCUT2D eigenvalue weighted by atomic mass is 16.3. The topological polar surface area (TPSA) is 54.4 Å². The summed E-state index contributed by atoms with van der Waals surface area (Å²) in [6.07, 6.45) is 2.31. The Kier molecular flexibility index (Phi) is 3.43. The van der Waals surface area contributed by atoms with Crippen molar-refractivity contribution in [3.05, 3.63) is 0 Å². The number of rotatable bonds is 3. The minimum absolute atomic E-state index is 0.0804. The third-order valence-electron chi connectivity index (χ3n) is 3.25. The molecule has 80 valence electrons. The molecule has 2 atom stereocenters. The van der Waals surface area contributed by atoms with E-state index in [4.69, 9.17) is 0 Å². The molecule has 1 saturated carbocycles. The second-order valence-electron chi connectivity index (χ2n) is 4.45. The predicted octanol–water partition coefficient (Wildman–Crippen LogP) is 1.48. The molecule has 0 aromatic rings. The summed E-state index contributed by atoms with van der Waals surface area (Å²) in [6, 6.07) is 0. The van der Waals surface area contributed by atoms with E-state index < -0.39 is 11.5 Å². The van der Waals surface area contributed by atoms with Gasteiger partial charge in [0.05, 0.1) is 11.5 Å². The van der Waals surface area contributed by atoms with Crippen LogP contribution in [0.3, 0.4) is 0 Å². The van der Waals surface area contributed by atoms with Crippen LogP contribution in [-0.4, -0.2) is 22.8 Å². The molecule has 0 aliphatic heterocycles. The fourth-order valence-corrected chi connectivity index (χ4v) is 1.99. The van der Waals surface area contributed by atoms with Crippen molar-refractivity contribution in [2.24, 2.45) is 5.41 Å². The number of ketones is 2. The lowest BCUT2D eigenvalue weighted by Gasteiger charge is -2.36. The molecular weight excluding hydrogens is 180 g/mol. The third kappa shape index (κ3) is 2.21. The van der Waals surface area contributed by atoms with Gasteiger partial charge in [0.15, 0.2) is 0 Å². The molecule has 0 saturated heterocycles. The van der Waals surface area contributed by atoms with Crippen molar-refractivity contribution < 1.29 is 14.7 Å². The fourth-order valence-electron chi connectivity index (χ4n) is 1.99. The zero-order valence-corrected chi connectivity index (χ0v) is 8.88. The Morgan fingerprint density at radius 3 is 2.79 bits per heavy atom. The normalized spacial score (nSPS) is 33.1. The first-order chi connectivity index (χ1) is 6.47. The van der Waals surface area contributed by atoms with Crippen LogP contribution < -0.4 is 0 Å². The highest BCUT2D eigenvalue weighted by molar-refractivity contribution is 5.86. The molecule has 0 bridgehead atoms. The van der Waals surface area contributed by atoms with E-state index in [0.29, 0.717) is 25.7 Å². The van der Waals surface area contributed by atoms with Gasteiger partial charge >= 0.3 is 0 Å². The number of aliphatic hydroxyl groups is 1. The highest BCUT2D eigenvalue weighted by Gasteiger charge is 2.42. The Labute approximate surface area is 84.5 Å². The van der Waals surface area contributed by atoms with Crippen LogP contribution in [0.4, 0.5) is 0 Å². The lowest BCUT2D eigenvalue weighted by molar-refractivity contribution is -0.139. The average molecular weight is 198 g/mol. The summed E-state index contributed by atoms with van der Waals surface area (Å²) in [5.74, 6) is 0.189. The van der Waals surface area contributed by atoms with E-state index in [1.807, 2.05) is 0 Å². The largest absolute Gasteiger partial charge is 0.392 e. The van der Waals surface area contributed by atoms with Gasteiger partial charge in [-0.1, -0.05) is 6.92 Å². The summed E-state index contributed by atoms with van der Waals surface area (Å²) in [6.45, 7) is 3.30. The Balaban J connectivity index is 2.67. The molecule has 0 radical (unpaired) electrons. The van der Waals surface area contributed by atoms with E-state index in [9.17, 15) is 14.7 Å². The number of carbonyl (C=O) groups excluding carboxylic acids is 2. The zero-order valence-electron chi connectivity index (χ0n) is 8.88. The summed E-state index contributed by atoms with van der Waals surface area (Å²) in [4.78, 5) is 22.5. The van der Waals surface area contributed by atoms with Gasteiger partial charge in [0.25, 0.3) is 0 Å². The van der Waals surface area contributed by atoms with Gasteiger partial charge in [-0.05, 0) is 26.2 Å².